The molecule has 1 rings (SSSR count). The lowest BCUT2D eigenvalue weighted by Gasteiger charge is -2.12. The second-order valence-electron chi connectivity index (χ2n) is 2.88. The minimum atomic E-state index is -1.30. The van der Waals surface area contributed by atoms with Gasteiger partial charge in [-0.1, -0.05) is 23.7 Å². The number of hydrogen-bond donors (Lipinski definition) is 1. The number of carbonyl (C=O) groups is 2. The van der Waals surface area contributed by atoms with Gasteiger partial charge in [0.15, 0.2) is 0 Å². The van der Waals surface area contributed by atoms with Crippen molar-refractivity contribution in [2.24, 2.45) is 0 Å². The molecule has 0 aliphatic heterocycles. The Hall–Kier alpha value is -1.55. The molecule has 0 saturated carbocycles. The van der Waals surface area contributed by atoms with Crippen molar-refractivity contribution in [2.45, 2.75) is 13.0 Å². The van der Waals surface area contributed by atoms with Gasteiger partial charge in [0.2, 0.25) is 6.10 Å². The van der Waals surface area contributed by atoms with Gasteiger partial charge in [-0.2, -0.15) is 0 Å². The van der Waals surface area contributed by atoms with Crippen molar-refractivity contribution in [2.75, 3.05) is 0 Å². The predicted octanol–water partition coefficient (Wildman–Crippen LogP) is 2.03. The van der Waals surface area contributed by atoms with Gasteiger partial charge in [-0.25, -0.2) is 4.79 Å². The van der Waals surface area contributed by atoms with E-state index >= 15 is 0 Å². The van der Waals surface area contributed by atoms with E-state index in [4.69, 9.17) is 16.7 Å². The number of carboxylic acids is 1. The molecule has 5 heteroatoms. The smallest absolute Gasteiger partial charge is 0.349 e. The normalized spacial score (nSPS) is 11.9. The number of esters is 1. The van der Waals surface area contributed by atoms with Gasteiger partial charge in [0.05, 0.1) is 0 Å². The average molecular weight is 229 g/mol. The maximum absolute atomic E-state index is 10.8. The van der Waals surface area contributed by atoms with Crippen LogP contribution in [-0.2, 0) is 14.3 Å². The summed E-state index contributed by atoms with van der Waals surface area (Å²) in [6, 6.07) is 6.19. The van der Waals surface area contributed by atoms with Crippen LogP contribution in [0.2, 0.25) is 5.02 Å². The topological polar surface area (TPSA) is 63.6 Å². The first-order valence-corrected chi connectivity index (χ1v) is 4.54. The van der Waals surface area contributed by atoms with Crippen LogP contribution < -0.4 is 0 Å². The standard InChI is InChI=1S/C10H9ClO4/c1-6(12)15-9(10(13)14)7-3-2-4-8(11)5-7/h2-5,9H,1H3,(H,13,14). The van der Waals surface area contributed by atoms with Gasteiger partial charge < -0.3 is 9.84 Å². The molecule has 15 heavy (non-hydrogen) atoms. The van der Waals surface area contributed by atoms with Crippen molar-refractivity contribution in [3.63, 3.8) is 0 Å². The van der Waals surface area contributed by atoms with Crippen LogP contribution in [0.25, 0.3) is 0 Å². The molecule has 0 heterocycles. The Morgan fingerprint density at radius 3 is 2.60 bits per heavy atom. The van der Waals surface area contributed by atoms with Crippen LogP contribution in [0.3, 0.4) is 0 Å². The van der Waals surface area contributed by atoms with Crippen LogP contribution >= 0.6 is 11.6 Å². The molecule has 0 bridgehead atoms. The summed E-state index contributed by atoms with van der Waals surface area (Å²) in [5.74, 6) is -1.88. The van der Waals surface area contributed by atoms with Crippen molar-refractivity contribution in [1.82, 2.24) is 0 Å². The fourth-order valence-corrected chi connectivity index (χ4v) is 1.30. The first-order valence-electron chi connectivity index (χ1n) is 4.16. The summed E-state index contributed by atoms with van der Waals surface area (Å²) in [6.07, 6.45) is -1.30. The first-order chi connectivity index (χ1) is 7.00. The second-order valence-corrected chi connectivity index (χ2v) is 3.32. The van der Waals surface area contributed by atoms with Crippen LogP contribution in [0.5, 0.6) is 0 Å². The quantitative estimate of drug-likeness (QED) is 0.804. The van der Waals surface area contributed by atoms with E-state index in [2.05, 4.69) is 4.74 Å². The van der Waals surface area contributed by atoms with Crippen LogP contribution in [0, 0.1) is 0 Å². The van der Waals surface area contributed by atoms with E-state index in [1.807, 2.05) is 0 Å². The van der Waals surface area contributed by atoms with Crippen LogP contribution in [-0.4, -0.2) is 17.0 Å². The van der Waals surface area contributed by atoms with Gasteiger partial charge >= 0.3 is 11.9 Å². The van der Waals surface area contributed by atoms with E-state index in [-0.39, 0.29) is 0 Å². The van der Waals surface area contributed by atoms with Crippen LogP contribution in [0.15, 0.2) is 24.3 Å². The Balaban J connectivity index is 2.98. The molecule has 1 N–H and O–H groups in total. The highest BCUT2D eigenvalue weighted by Gasteiger charge is 2.22. The largest absolute Gasteiger partial charge is 0.478 e. The Labute approximate surface area is 91.4 Å². The van der Waals surface area contributed by atoms with Crippen LogP contribution in [0.1, 0.15) is 18.6 Å². The van der Waals surface area contributed by atoms with E-state index in [0.717, 1.165) is 6.92 Å². The van der Waals surface area contributed by atoms with E-state index in [0.29, 0.717) is 10.6 Å². The molecule has 0 aromatic heterocycles. The summed E-state index contributed by atoms with van der Waals surface area (Å²) in [6.45, 7) is 1.15. The summed E-state index contributed by atoms with van der Waals surface area (Å²) in [4.78, 5) is 21.5. The summed E-state index contributed by atoms with van der Waals surface area (Å²) in [5.41, 5.74) is 0.338. The summed E-state index contributed by atoms with van der Waals surface area (Å²) in [5, 5.41) is 9.24. The Morgan fingerprint density at radius 1 is 1.47 bits per heavy atom. The monoisotopic (exact) mass is 228 g/mol. The molecule has 80 valence electrons. The lowest BCUT2D eigenvalue weighted by Crippen LogP contribution is -2.17. The molecule has 1 unspecified atom stereocenters. The number of carboxylic acid groups (broad SMARTS) is 1. The number of halogens is 1. The van der Waals surface area contributed by atoms with Gasteiger partial charge in [-0.05, 0) is 12.1 Å². The van der Waals surface area contributed by atoms with Gasteiger partial charge in [0.25, 0.3) is 0 Å². The molecule has 1 atom stereocenters. The average Bonchev–Trinajstić information content (AvgIpc) is 2.13. The molecule has 0 aliphatic carbocycles. The number of hydrogen-bond acceptors (Lipinski definition) is 3. The van der Waals surface area contributed by atoms with Crippen molar-refractivity contribution in [3.8, 4) is 0 Å². The number of rotatable bonds is 3. The highest BCUT2D eigenvalue weighted by atomic mass is 35.5. The molecule has 1 aromatic rings. The summed E-state index contributed by atoms with van der Waals surface area (Å²) >= 11 is 5.70. The maximum atomic E-state index is 10.8. The molecule has 0 amide bonds. The number of aliphatic carboxylic acids is 1. The molecule has 4 nitrogen and oxygen atoms in total. The zero-order valence-electron chi connectivity index (χ0n) is 7.94. The van der Waals surface area contributed by atoms with Gasteiger partial charge in [-0.3, -0.25) is 4.79 Å². The number of ether oxygens (including phenoxy) is 1. The summed E-state index contributed by atoms with van der Waals surface area (Å²) in [7, 11) is 0. The van der Waals surface area contributed by atoms with Crippen LogP contribution in [0.4, 0.5) is 0 Å². The highest BCUT2D eigenvalue weighted by molar-refractivity contribution is 6.30. The zero-order valence-corrected chi connectivity index (χ0v) is 8.69. The van der Waals surface area contributed by atoms with Crippen molar-refractivity contribution < 1.29 is 19.4 Å². The molecular formula is C10H9ClO4. The molecule has 0 fully saturated rings. The van der Waals surface area contributed by atoms with E-state index in [9.17, 15) is 9.59 Å². The fourth-order valence-electron chi connectivity index (χ4n) is 1.10. The van der Waals surface area contributed by atoms with Gasteiger partial charge in [0.1, 0.15) is 0 Å². The Kier molecular flexibility index (Phi) is 3.68. The van der Waals surface area contributed by atoms with Crippen molar-refractivity contribution in [1.29, 1.82) is 0 Å². The molecule has 0 radical (unpaired) electrons. The Bertz CT molecular complexity index is 389. The number of benzene rings is 1. The molecule has 0 aliphatic rings. The molecular weight excluding hydrogens is 220 g/mol. The third kappa shape index (κ3) is 3.25. The Morgan fingerprint density at radius 2 is 2.13 bits per heavy atom. The third-order valence-corrected chi connectivity index (χ3v) is 1.89. The second kappa shape index (κ2) is 4.79. The minimum Gasteiger partial charge on any atom is -0.478 e. The van der Waals surface area contributed by atoms with Crippen molar-refractivity contribution >= 4 is 23.5 Å². The minimum absolute atomic E-state index is 0.338. The van der Waals surface area contributed by atoms with E-state index < -0.39 is 18.0 Å². The number of carbonyl (C=O) groups excluding carboxylic acids is 1. The molecule has 1 aromatic carbocycles. The van der Waals surface area contributed by atoms with Gasteiger partial charge in [0, 0.05) is 17.5 Å². The fraction of sp³-hybridized carbons (Fsp3) is 0.200. The lowest BCUT2D eigenvalue weighted by molar-refractivity contribution is -0.163. The zero-order chi connectivity index (χ0) is 11.4. The van der Waals surface area contributed by atoms with Gasteiger partial charge in [-0.15, -0.1) is 0 Å². The maximum Gasteiger partial charge on any atom is 0.349 e. The SMILES string of the molecule is CC(=O)OC(C(=O)O)c1cccc(Cl)c1. The highest BCUT2D eigenvalue weighted by Crippen LogP contribution is 2.21. The first kappa shape index (κ1) is 11.5. The molecule has 0 saturated heterocycles. The lowest BCUT2D eigenvalue weighted by atomic mass is 10.1. The van der Waals surface area contributed by atoms with E-state index in [1.54, 1.807) is 12.1 Å². The van der Waals surface area contributed by atoms with E-state index in [1.165, 1.54) is 12.1 Å². The summed E-state index contributed by atoms with van der Waals surface area (Å²) < 4.78 is 4.66. The molecule has 0 spiro atoms. The van der Waals surface area contributed by atoms with Crippen molar-refractivity contribution in [3.05, 3.63) is 34.9 Å². The third-order valence-electron chi connectivity index (χ3n) is 1.66. The predicted molar refractivity (Wildman–Crippen MR) is 53.6 cm³/mol.